The zero-order chi connectivity index (χ0) is 16.8. The number of ether oxygens (including phenoxy) is 1. The SMILES string of the molecule is CC(Sc1nncs1)C(=O)NCc1cccnc1N1CCOCC1. The highest BCUT2D eigenvalue weighted by molar-refractivity contribution is 8.02. The molecule has 0 aromatic carbocycles. The number of amides is 1. The van der Waals surface area contributed by atoms with Gasteiger partial charge in [-0.1, -0.05) is 29.2 Å². The molecule has 128 valence electrons. The van der Waals surface area contributed by atoms with E-state index in [-0.39, 0.29) is 11.2 Å². The van der Waals surface area contributed by atoms with Crippen LogP contribution < -0.4 is 10.2 Å². The van der Waals surface area contributed by atoms with Gasteiger partial charge in [-0.15, -0.1) is 10.2 Å². The number of thioether (sulfide) groups is 1. The van der Waals surface area contributed by atoms with Gasteiger partial charge >= 0.3 is 0 Å². The molecule has 24 heavy (non-hydrogen) atoms. The molecular weight excluding hydrogens is 346 g/mol. The van der Waals surface area contributed by atoms with Gasteiger partial charge in [0.1, 0.15) is 11.3 Å². The van der Waals surface area contributed by atoms with E-state index >= 15 is 0 Å². The smallest absolute Gasteiger partial charge is 0.233 e. The van der Waals surface area contributed by atoms with Crippen LogP contribution in [0.4, 0.5) is 5.82 Å². The Labute approximate surface area is 148 Å². The summed E-state index contributed by atoms with van der Waals surface area (Å²) >= 11 is 2.85. The lowest BCUT2D eigenvalue weighted by Gasteiger charge is -2.29. The molecule has 2 aromatic heterocycles. The third kappa shape index (κ3) is 4.43. The van der Waals surface area contributed by atoms with Gasteiger partial charge in [-0.3, -0.25) is 4.79 Å². The number of anilines is 1. The first-order valence-electron chi connectivity index (χ1n) is 7.71. The van der Waals surface area contributed by atoms with Crippen LogP contribution in [-0.2, 0) is 16.1 Å². The average molecular weight is 365 g/mol. The molecule has 1 aliphatic rings. The minimum absolute atomic E-state index is 0.0213. The van der Waals surface area contributed by atoms with Crippen LogP contribution in [0, 0.1) is 0 Å². The summed E-state index contributed by atoms with van der Waals surface area (Å²) in [7, 11) is 0. The first-order chi connectivity index (χ1) is 11.7. The van der Waals surface area contributed by atoms with E-state index in [4.69, 9.17) is 4.74 Å². The van der Waals surface area contributed by atoms with E-state index in [9.17, 15) is 4.79 Å². The molecule has 0 bridgehead atoms. The van der Waals surface area contributed by atoms with Gasteiger partial charge in [0.05, 0.1) is 18.5 Å². The van der Waals surface area contributed by atoms with Crippen molar-refractivity contribution in [3.05, 3.63) is 29.4 Å². The van der Waals surface area contributed by atoms with Crippen LogP contribution in [0.1, 0.15) is 12.5 Å². The van der Waals surface area contributed by atoms with Crippen molar-refractivity contribution in [2.75, 3.05) is 31.2 Å². The fraction of sp³-hybridized carbons (Fsp3) is 0.467. The number of rotatable bonds is 6. The summed E-state index contributed by atoms with van der Waals surface area (Å²) in [6.45, 7) is 5.38. The maximum Gasteiger partial charge on any atom is 0.233 e. The molecule has 1 unspecified atom stereocenters. The van der Waals surface area contributed by atoms with Crippen LogP contribution in [0.15, 0.2) is 28.2 Å². The minimum atomic E-state index is -0.221. The number of aromatic nitrogens is 3. The van der Waals surface area contributed by atoms with Gasteiger partial charge in [-0.2, -0.15) is 0 Å². The van der Waals surface area contributed by atoms with E-state index in [1.54, 1.807) is 11.7 Å². The van der Waals surface area contributed by atoms with Crippen molar-refractivity contribution >= 4 is 34.8 Å². The lowest BCUT2D eigenvalue weighted by atomic mass is 10.2. The van der Waals surface area contributed by atoms with E-state index < -0.39 is 0 Å². The fourth-order valence-corrected chi connectivity index (χ4v) is 4.02. The molecule has 1 amide bonds. The summed E-state index contributed by atoms with van der Waals surface area (Å²) in [4.78, 5) is 19.0. The molecule has 0 saturated carbocycles. The van der Waals surface area contributed by atoms with Crippen molar-refractivity contribution in [2.24, 2.45) is 0 Å². The van der Waals surface area contributed by atoms with Gasteiger partial charge in [-0.05, 0) is 13.0 Å². The highest BCUT2D eigenvalue weighted by Gasteiger charge is 2.19. The van der Waals surface area contributed by atoms with Gasteiger partial charge in [0, 0.05) is 31.4 Å². The van der Waals surface area contributed by atoms with Crippen LogP contribution in [0.5, 0.6) is 0 Å². The maximum absolute atomic E-state index is 12.3. The van der Waals surface area contributed by atoms with Crippen molar-refractivity contribution < 1.29 is 9.53 Å². The number of carbonyl (C=O) groups is 1. The molecule has 1 saturated heterocycles. The molecule has 1 atom stereocenters. The summed E-state index contributed by atoms with van der Waals surface area (Å²) in [5.74, 6) is 0.900. The van der Waals surface area contributed by atoms with Crippen molar-refractivity contribution in [1.29, 1.82) is 0 Å². The van der Waals surface area contributed by atoms with E-state index in [1.165, 1.54) is 23.1 Å². The quantitative estimate of drug-likeness (QED) is 0.778. The Kier molecular flexibility index (Phi) is 6.00. The van der Waals surface area contributed by atoms with Crippen LogP contribution in [0.2, 0.25) is 0 Å². The molecule has 0 spiro atoms. The van der Waals surface area contributed by atoms with Crippen molar-refractivity contribution in [3.8, 4) is 0 Å². The summed E-state index contributed by atoms with van der Waals surface area (Å²) < 4.78 is 6.19. The number of nitrogens with zero attached hydrogens (tertiary/aromatic N) is 4. The van der Waals surface area contributed by atoms with Gasteiger partial charge in [0.25, 0.3) is 0 Å². The highest BCUT2D eigenvalue weighted by atomic mass is 32.2. The first kappa shape index (κ1) is 17.1. The number of nitrogens with one attached hydrogen (secondary N) is 1. The average Bonchev–Trinajstić information content (AvgIpc) is 3.13. The van der Waals surface area contributed by atoms with Gasteiger partial charge in [0.15, 0.2) is 4.34 Å². The zero-order valence-corrected chi connectivity index (χ0v) is 15.0. The first-order valence-corrected chi connectivity index (χ1v) is 9.47. The number of carbonyl (C=O) groups excluding carboxylic acids is 1. The van der Waals surface area contributed by atoms with Crippen molar-refractivity contribution in [2.45, 2.75) is 23.1 Å². The van der Waals surface area contributed by atoms with Crippen LogP contribution >= 0.6 is 23.1 Å². The normalized spacial score (nSPS) is 16.0. The highest BCUT2D eigenvalue weighted by Crippen LogP contribution is 2.24. The molecule has 1 N–H and O–H groups in total. The third-order valence-corrected chi connectivity index (χ3v) is 5.53. The Morgan fingerprint density at radius 2 is 2.33 bits per heavy atom. The molecule has 3 heterocycles. The van der Waals surface area contributed by atoms with E-state index in [2.05, 4.69) is 25.4 Å². The van der Waals surface area contributed by atoms with E-state index in [0.717, 1.165) is 28.8 Å². The minimum Gasteiger partial charge on any atom is -0.378 e. The van der Waals surface area contributed by atoms with Gasteiger partial charge in [0.2, 0.25) is 5.91 Å². The summed E-state index contributed by atoms with van der Waals surface area (Å²) in [5, 5.41) is 10.5. The lowest BCUT2D eigenvalue weighted by Crippen LogP contribution is -2.38. The molecule has 7 nitrogen and oxygen atoms in total. The Hall–Kier alpha value is -1.71. The number of hydrogen-bond donors (Lipinski definition) is 1. The van der Waals surface area contributed by atoms with E-state index in [0.29, 0.717) is 19.8 Å². The molecule has 1 aliphatic heterocycles. The maximum atomic E-state index is 12.3. The largest absolute Gasteiger partial charge is 0.378 e. The molecule has 0 aliphatic carbocycles. The molecule has 0 radical (unpaired) electrons. The van der Waals surface area contributed by atoms with Crippen molar-refractivity contribution in [1.82, 2.24) is 20.5 Å². The lowest BCUT2D eigenvalue weighted by molar-refractivity contribution is -0.120. The van der Waals surface area contributed by atoms with Crippen LogP contribution in [-0.4, -0.2) is 52.6 Å². The second kappa shape index (κ2) is 8.41. The summed E-state index contributed by atoms with van der Waals surface area (Å²) in [5.41, 5.74) is 2.68. The van der Waals surface area contributed by atoms with Gasteiger partial charge in [-0.25, -0.2) is 4.98 Å². The second-order valence-electron chi connectivity index (χ2n) is 5.27. The predicted octanol–water partition coefficient (Wildman–Crippen LogP) is 1.57. The summed E-state index contributed by atoms with van der Waals surface area (Å²) in [6, 6.07) is 3.89. The third-order valence-electron chi connectivity index (χ3n) is 3.62. The number of hydrogen-bond acceptors (Lipinski definition) is 8. The molecule has 9 heteroatoms. The Morgan fingerprint density at radius 1 is 1.50 bits per heavy atom. The van der Waals surface area contributed by atoms with Crippen LogP contribution in [0.25, 0.3) is 0 Å². The molecule has 1 fully saturated rings. The van der Waals surface area contributed by atoms with Gasteiger partial charge < -0.3 is 15.0 Å². The molecular formula is C15H19N5O2S2. The predicted molar refractivity (Wildman–Crippen MR) is 94.3 cm³/mol. The Bertz CT molecular complexity index is 662. The zero-order valence-electron chi connectivity index (χ0n) is 13.3. The molecule has 2 aromatic rings. The fourth-order valence-electron chi connectivity index (χ4n) is 2.37. The number of pyridine rings is 1. The van der Waals surface area contributed by atoms with Crippen molar-refractivity contribution in [3.63, 3.8) is 0 Å². The topological polar surface area (TPSA) is 80.2 Å². The molecule has 3 rings (SSSR count). The monoisotopic (exact) mass is 365 g/mol. The Morgan fingerprint density at radius 3 is 3.08 bits per heavy atom. The van der Waals surface area contributed by atoms with Crippen LogP contribution in [0.3, 0.4) is 0 Å². The van der Waals surface area contributed by atoms with E-state index in [1.807, 2.05) is 19.1 Å². The standard InChI is InChI=1S/C15H19N5O2S2/c1-11(24-15-19-18-10-23-15)14(21)17-9-12-3-2-4-16-13(12)20-5-7-22-8-6-20/h2-4,10-11H,5-9H2,1H3,(H,17,21). The summed E-state index contributed by atoms with van der Waals surface area (Å²) in [6.07, 6.45) is 1.78. The number of morpholine rings is 1. The second-order valence-corrected chi connectivity index (χ2v) is 7.69. The Balaban J connectivity index is 1.58.